The summed E-state index contributed by atoms with van der Waals surface area (Å²) in [5.74, 6) is -0.676. The molecule has 0 saturated heterocycles. The average Bonchev–Trinajstić information content (AvgIpc) is 1.95. The number of hydrogen-bond donors (Lipinski definition) is 0. The molecule has 0 aromatic carbocycles. The van der Waals surface area contributed by atoms with Crippen LogP contribution in [0.5, 0.6) is 0 Å². The fourth-order valence-electron chi connectivity index (χ4n) is 1.82. The molecule has 0 spiro atoms. The minimum Gasteiger partial charge on any atom is -0.466 e. The van der Waals surface area contributed by atoms with Crippen LogP contribution < -0.4 is 0 Å². The number of esters is 1. The topological polar surface area (TPSA) is 26.3 Å². The maximum atomic E-state index is 12.2. The first-order valence-corrected chi connectivity index (χ1v) is 4.78. The summed E-state index contributed by atoms with van der Waals surface area (Å²) in [6, 6.07) is 0. The summed E-state index contributed by atoms with van der Waals surface area (Å²) >= 11 is 0. The molecule has 1 fully saturated rings. The molecule has 2 nitrogen and oxygen atoms in total. The predicted octanol–water partition coefficient (Wildman–Crippen LogP) is 2.57. The second-order valence-corrected chi connectivity index (χ2v) is 3.77. The molecule has 1 saturated carbocycles. The van der Waals surface area contributed by atoms with E-state index in [2.05, 4.69) is 4.74 Å². The number of carbonyl (C=O) groups is 1. The molecule has 1 rings (SSSR count). The van der Waals surface area contributed by atoms with E-state index in [0.717, 1.165) is 0 Å². The number of hydrogen-bond acceptors (Lipinski definition) is 2. The second kappa shape index (κ2) is 3.83. The van der Waals surface area contributed by atoms with Gasteiger partial charge in [-0.2, -0.15) is 0 Å². The highest BCUT2D eigenvalue weighted by atomic mass is 19.4. The molecule has 0 aromatic rings. The normalized spacial score (nSPS) is 20.0. The summed E-state index contributed by atoms with van der Waals surface area (Å²) in [6.45, 7) is -3.16. The maximum Gasteiger partial charge on any atom is 0.479 e. The highest BCUT2D eigenvalue weighted by molar-refractivity contribution is 6.59. The first-order valence-electron chi connectivity index (χ1n) is 4.78. The van der Waals surface area contributed by atoms with Crippen molar-refractivity contribution >= 4 is 12.9 Å². The molecule has 0 aromatic heterocycles. The number of ether oxygens (including phenoxy) is 1. The molecule has 0 bridgehead atoms. The van der Waals surface area contributed by atoms with Gasteiger partial charge < -0.3 is 17.7 Å². The third-order valence-electron chi connectivity index (χ3n) is 2.64. The van der Waals surface area contributed by atoms with Crippen LogP contribution in [0.15, 0.2) is 0 Å². The summed E-state index contributed by atoms with van der Waals surface area (Å²) < 4.78 is 41.3. The van der Waals surface area contributed by atoms with Gasteiger partial charge in [0.1, 0.15) is 0 Å². The SMILES string of the molecule is CCOC(=O)C1(C[B-](F)(F)F)CCC1. The van der Waals surface area contributed by atoms with Crippen molar-refractivity contribution < 1.29 is 22.5 Å². The Kier molecular flexibility index (Phi) is 3.12. The van der Waals surface area contributed by atoms with Crippen molar-refractivity contribution in [2.75, 3.05) is 6.61 Å². The van der Waals surface area contributed by atoms with Crippen molar-refractivity contribution in [3.63, 3.8) is 0 Å². The van der Waals surface area contributed by atoms with Crippen molar-refractivity contribution in [2.24, 2.45) is 5.41 Å². The fourth-order valence-corrected chi connectivity index (χ4v) is 1.82. The van der Waals surface area contributed by atoms with Crippen molar-refractivity contribution in [3.05, 3.63) is 0 Å². The molecule has 14 heavy (non-hydrogen) atoms. The van der Waals surface area contributed by atoms with E-state index in [4.69, 9.17) is 0 Å². The minimum atomic E-state index is -4.90. The quantitative estimate of drug-likeness (QED) is 0.525. The zero-order chi connectivity index (χ0) is 10.8. The summed E-state index contributed by atoms with van der Waals surface area (Å²) in [7, 11) is 0. The number of halogens is 3. The van der Waals surface area contributed by atoms with Gasteiger partial charge >= 0.3 is 12.9 Å². The Bertz CT molecular complexity index is 223. The zero-order valence-corrected chi connectivity index (χ0v) is 8.06. The lowest BCUT2D eigenvalue weighted by molar-refractivity contribution is -0.159. The molecular formula is C8H13BF3O2-. The molecule has 1 aliphatic rings. The summed E-state index contributed by atoms with van der Waals surface area (Å²) in [4.78, 5) is 11.3. The predicted molar refractivity (Wildman–Crippen MR) is 46.8 cm³/mol. The molecule has 6 heteroatoms. The molecule has 0 unspecified atom stereocenters. The molecule has 1 aliphatic carbocycles. The van der Waals surface area contributed by atoms with Gasteiger partial charge in [0.2, 0.25) is 0 Å². The van der Waals surface area contributed by atoms with E-state index in [1.165, 1.54) is 0 Å². The Morgan fingerprint density at radius 1 is 1.43 bits per heavy atom. The van der Waals surface area contributed by atoms with Crippen LogP contribution in [-0.2, 0) is 9.53 Å². The van der Waals surface area contributed by atoms with E-state index in [1.54, 1.807) is 6.92 Å². The first-order chi connectivity index (χ1) is 6.40. The Balaban J connectivity index is 2.62. The molecular weight excluding hydrogens is 196 g/mol. The largest absolute Gasteiger partial charge is 0.479 e. The van der Waals surface area contributed by atoms with Crippen LogP contribution in [0.2, 0.25) is 6.32 Å². The van der Waals surface area contributed by atoms with E-state index >= 15 is 0 Å². The molecule has 82 valence electrons. The maximum absolute atomic E-state index is 12.2. The van der Waals surface area contributed by atoms with E-state index in [0.29, 0.717) is 19.3 Å². The van der Waals surface area contributed by atoms with Gasteiger partial charge in [0.25, 0.3) is 0 Å². The Morgan fingerprint density at radius 3 is 2.29 bits per heavy atom. The van der Waals surface area contributed by atoms with Crippen molar-refractivity contribution in [1.82, 2.24) is 0 Å². The monoisotopic (exact) mass is 209 g/mol. The van der Waals surface area contributed by atoms with E-state index in [9.17, 15) is 17.7 Å². The van der Waals surface area contributed by atoms with Gasteiger partial charge in [0, 0.05) is 5.41 Å². The van der Waals surface area contributed by atoms with Crippen LogP contribution >= 0.6 is 0 Å². The van der Waals surface area contributed by atoms with Crippen LogP contribution in [0.1, 0.15) is 26.2 Å². The third kappa shape index (κ3) is 2.42. The standard InChI is InChI=1S/C8H13BF3O2/c1-2-14-7(13)8(4-3-5-8)6-9(10,11)12/h2-6H2,1H3/q-1. The lowest BCUT2D eigenvalue weighted by atomic mass is 9.58. The van der Waals surface area contributed by atoms with Crippen molar-refractivity contribution in [1.29, 1.82) is 0 Å². The highest BCUT2D eigenvalue weighted by Gasteiger charge is 2.49. The van der Waals surface area contributed by atoms with Crippen molar-refractivity contribution in [2.45, 2.75) is 32.5 Å². The summed E-state index contributed by atoms with van der Waals surface area (Å²) in [5, 5.41) is 0. The molecule has 0 radical (unpaired) electrons. The van der Waals surface area contributed by atoms with Crippen LogP contribution in [0, 0.1) is 5.41 Å². The molecule has 0 heterocycles. The molecule has 0 N–H and O–H groups in total. The van der Waals surface area contributed by atoms with Gasteiger partial charge in [-0.25, -0.2) is 0 Å². The third-order valence-corrected chi connectivity index (χ3v) is 2.64. The van der Waals surface area contributed by atoms with Gasteiger partial charge in [-0.15, -0.1) is 0 Å². The van der Waals surface area contributed by atoms with Gasteiger partial charge in [-0.1, -0.05) is 12.7 Å². The fraction of sp³-hybridized carbons (Fsp3) is 0.875. The van der Waals surface area contributed by atoms with E-state index in [-0.39, 0.29) is 6.61 Å². The minimum absolute atomic E-state index is 0.144. The van der Waals surface area contributed by atoms with Gasteiger partial charge in [-0.05, 0) is 19.8 Å². The van der Waals surface area contributed by atoms with Crippen molar-refractivity contribution in [3.8, 4) is 0 Å². The van der Waals surface area contributed by atoms with Gasteiger partial charge in [0.05, 0.1) is 6.61 Å². The van der Waals surface area contributed by atoms with Crippen LogP contribution in [0.4, 0.5) is 12.9 Å². The Labute approximate surface area is 80.9 Å². The lowest BCUT2D eigenvalue weighted by Gasteiger charge is -2.42. The summed E-state index contributed by atoms with van der Waals surface area (Å²) in [6.07, 6.45) is 0.330. The molecule has 0 aliphatic heterocycles. The Hall–Kier alpha value is -0.675. The van der Waals surface area contributed by atoms with Crippen LogP contribution in [0.3, 0.4) is 0 Å². The van der Waals surface area contributed by atoms with Crippen LogP contribution in [-0.4, -0.2) is 19.6 Å². The Morgan fingerprint density at radius 2 is 2.00 bits per heavy atom. The zero-order valence-electron chi connectivity index (χ0n) is 8.06. The molecule has 0 amide bonds. The van der Waals surface area contributed by atoms with Crippen LogP contribution in [0.25, 0.3) is 0 Å². The van der Waals surface area contributed by atoms with E-state index in [1.807, 2.05) is 0 Å². The highest BCUT2D eigenvalue weighted by Crippen LogP contribution is 2.48. The lowest BCUT2D eigenvalue weighted by Crippen LogP contribution is -2.43. The number of rotatable bonds is 4. The van der Waals surface area contributed by atoms with Gasteiger partial charge in [0.15, 0.2) is 0 Å². The van der Waals surface area contributed by atoms with E-state index < -0.39 is 24.7 Å². The summed E-state index contributed by atoms with van der Waals surface area (Å²) in [5.41, 5.74) is -1.24. The number of carbonyl (C=O) groups excluding carboxylic acids is 1. The smallest absolute Gasteiger partial charge is 0.466 e. The van der Waals surface area contributed by atoms with Gasteiger partial charge in [-0.3, -0.25) is 4.79 Å². The second-order valence-electron chi connectivity index (χ2n) is 3.77. The average molecular weight is 209 g/mol. The first kappa shape index (κ1) is 11.4. The molecule has 0 atom stereocenters.